The normalized spacial score (nSPS) is 20.9. The highest BCUT2D eigenvalue weighted by molar-refractivity contribution is 6.00. The molecule has 1 aromatic heterocycles. The van der Waals surface area contributed by atoms with E-state index in [-0.39, 0.29) is 30.4 Å². The van der Waals surface area contributed by atoms with Crippen molar-refractivity contribution in [3.05, 3.63) is 28.7 Å². The fourth-order valence-corrected chi connectivity index (χ4v) is 4.42. The molecule has 1 aromatic carbocycles. The molecule has 1 atom stereocenters. The molecule has 2 aliphatic rings. The molecular formula is C20H24N4O5. The van der Waals surface area contributed by atoms with Gasteiger partial charge >= 0.3 is 11.7 Å². The first kappa shape index (κ1) is 19.2. The van der Waals surface area contributed by atoms with E-state index in [1.807, 2.05) is 18.2 Å². The summed E-state index contributed by atoms with van der Waals surface area (Å²) in [4.78, 5) is 49.7. The highest BCUT2D eigenvalue weighted by Crippen LogP contribution is 2.29. The lowest BCUT2D eigenvalue weighted by Gasteiger charge is -2.33. The van der Waals surface area contributed by atoms with Gasteiger partial charge in [0, 0.05) is 38.7 Å². The molecule has 0 radical (unpaired) electrons. The third-order valence-corrected chi connectivity index (χ3v) is 6.04. The van der Waals surface area contributed by atoms with Crippen LogP contribution in [-0.2, 0) is 21.4 Å². The van der Waals surface area contributed by atoms with E-state index < -0.39 is 17.9 Å². The van der Waals surface area contributed by atoms with Crippen LogP contribution in [0.4, 0.5) is 5.69 Å². The van der Waals surface area contributed by atoms with Crippen LogP contribution in [0.15, 0.2) is 23.0 Å². The first-order valence-electron chi connectivity index (χ1n) is 9.86. The molecule has 1 unspecified atom stereocenters. The van der Waals surface area contributed by atoms with Gasteiger partial charge in [-0.25, -0.2) is 4.79 Å². The number of anilines is 1. The largest absolute Gasteiger partial charge is 0.481 e. The number of amides is 2. The maximum atomic E-state index is 12.8. The number of aryl methyl sites for hydroxylation is 1. The van der Waals surface area contributed by atoms with E-state index >= 15 is 0 Å². The Morgan fingerprint density at radius 3 is 2.52 bits per heavy atom. The Bertz CT molecular complexity index is 1050. The Labute approximate surface area is 166 Å². The van der Waals surface area contributed by atoms with E-state index in [9.17, 15) is 19.2 Å². The van der Waals surface area contributed by atoms with Crippen LogP contribution >= 0.6 is 0 Å². The number of piperidine rings is 2. The second-order valence-electron chi connectivity index (χ2n) is 7.88. The first-order valence-corrected chi connectivity index (χ1v) is 9.86. The van der Waals surface area contributed by atoms with Crippen LogP contribution in [0.5, 0.6) is 0 Å². The fraction of sp³-hybridized carbons (Fsp3) is 0.500. The number of imidazole rings is 1. The van der Waals surface area contributed by atoms with Crippen molar-refractivity contribution in [1.82, 2.24) is 14.5 Å². The van der Waals surface area contributed by atoms with Crippen molar-refractivity contribution in [2.75, 3.05) is 18.0 Å². The summed E-state index contributed by atoms with van der Waals surface area (Å²) in [7, 11) is 1.68. The quantitative estimate of drug-likeness (QED) is 0.741. The van der Waals surface area contributed by atoms with Crippen molar-refractivity contribution in [2.45, 2.75) is 38.1 Å². The Morgan fingerprint density at radius 1 is 1.14 bits per heavy atom. The molecule has 3 heterocycles. The van der Waals surface area contributed by atoms with E-state index in [1.165, 1.54) is 9.13 Å². The van der Waals surface area contributed by atoms with Crippen LogP contribution in [0, 0.1) is 5.92 Å². The molecule has 0 saturated carbocycles. The Kier molecular flexibility index (Phi) is 4.89. The SMILES string of the molecule is Cn1c(=O)n(C2CCC(=O)NC2=O)c2ccc(N3CCC(CC(=O)O)CC3)cc21. The second-order valence-corrected chi connectivity index (χ2v) is 7.88. The molecule has 154 valence electrons. The van der Waals surface area contributed by atoms with Crippen molar-refractivity contribution in [3.8, 4) is 0 Å². The number of carboxylic acids is 1. The average Bonchev–Trinajstić information content (AvgIpc) is 2.93. The number of hydrogen-bond donors (Lipinski definition) is 2. The number of fused-ring (bicyclic) bond motifs is 1. The molecule has 4 rings (SSSR count). The molecule has 2 fully saturated rings. The van der Waals surface area contributed by atoms with Crippen molar-refractivity contribution in [2.24, 2.45) is 13.0 Å². The lowest BCUT2D eigenvalue weighted by atomic mass is 9.93. The number of carbonyl (C=O) groups is 3. The minimum atomic E-state index is -0.755. The lowest BCUT2D eigenvalue weighted by molar-refractivity contribution is -0.138. The molecule has 29 heavy (non-hydrogen) atoms. The van der Waals surface area contributed by atoms with Crippen LogP contribution in [0.3, 0.4) is 0 Å². The number of carbonyl (C=O) groups excluding carboxylic acids is 2. The predicted molar refractivity (Wildman–Crippen MR) is 106 cm³/mol. The highest BCUT2D eigenvalue weighted by atomic mass is 16.4. The van der Waals surface area contributed by atoms with Gasteiger partial charge in [0.2, 0.25) is 11.8 Å². The van der Waals surface area contributed by atoms with Gasteiger partial charge in [0.05, 0.1) is 11.0 Å². The molecular weight excluding hydrogens is 376 g/mol. The monoisotopic (exact) mass is 400 g/mol. The van der Waals surface area contributed by atoms with E-state index in [4.69, 9.17) is 5.11 Å². The molecule has 2 aromatic rings. The molecule has 2 amide bonds. The number of aliphatic carboxylic acids is 1. The van der Waals surface area contributed by atoms with Crippen LogP contribution in [-0.4, -0.2) is 45.1 Å². The Hall–Kier alpha value is -3.10. The molecule has 9 heteroatoms. The van der Waals surface area contributed by atoms with Crippen LogP contribution in [0.2, 0.25) is 0 Å². The second kappa shape index (κ2) is 7.38. The van der Waals surface area contributed by atoms with Gasteiger partial charge in [-0.05, 0) is 43.4 Å². The maximum Gasteiger partial charge on any atom is 0.329 e. The summed E-state index contributed by atoms with van der Waals surface area (Å²) in [5.41, 5.74) is 2.08. The van der Waals surface area contributed by atoms with Crippen molar-refractivity contribution >= 4 is 34.5 Å². The molecule has 0 bridgehead atoms. The molecule has 9 nitrogen and oxygen atoms in total. The third-order valence-electron chi connectivity index (χ3n) is 6.04. The van der Waals surface area contributed by atoms with E-state index in [0.29, 0.717) is 11.9 Å². The van der Waals surface area contributed by atoms with Crippen LogP contribution in [0.25, 0.3) is 11.0 Å². The summed E-state index contributed by atoms with van der Waals surface area (Å²) in [5, 5.41) is 11.3. The van der Waals surface area contributed by atoms with Crippen molar-refractivity contribution < 1.29 is 19.5 Å². The van der Waals surface area contributed by atoms with Gasteiger partial charge in [-0.1, -0.05) is 0 Å². The van der Waals surface area contributed by atoms with Gasteiger partial charge in [0.1, 0.15) is 6.04 Å². The third kappa shape index (κ3) is 3.52. The molecule has 2 aliphatic heterocycles. The number of benzene rings is 1. The van der Waals surface area contributed by atoms with Crippen LogP contribution < -0.4 is 15.9 Å². The minimum Gasteiger partial charge on any atom is -0.481 e. The minimum absolute atomic E-state index is 0.199. The standard InChI is InChI=1S/C20H24N4O5/c1-22-16-11-13(23-8-6-12(7-9-23)10-18(26)27)2-3-14(16)24(20(22)29)15-4-5-17(25)21-19(15)28/h2-3,11-12,15H,4-10H2,1H3,(H,26,27)(H,21,25,28). The summed E-state index contributed by atoms with van der Waals surface area (Å²) in [5.74, 6) is -1.31. The van der Waals surface area contributed by atoms with Gasteiger partial charge in [0.25, 0.3) is 0 Å². The number of carboxylic acid groups (broad SMARTS) is 1. The van der Waals surface area contributed by atoms with E-state index in [0.717, 1.165) is 37.1 Å². The molecule has 2 saturated heterocycles. The number of nitrogens with one attached hydrogen (secondary N) is 1. The van der Waals surface area contributed by atoms with E-state index in [1.54, 1.807) is 7.05 Å². The molecule has 0 spiro atoms. The van der Waals surface area contributed by atoms with Gasteiger partial charge in [0.15, 0.2) is 0 Å². The summed E-state index contributed by atoms with van der Waals surface area (Å²) in [6.07, 6.45) is 2.36. The summed E-state index contributed by atoms with van der Waals surface area (Å²) in [6.45, 7) is 1.54. The van der Waals surface area contributed by atoms with Crippen molar-refractivity contribution in [3.63, 3.8) is 0 Å². The van der Waals surface area contributed by atoms with Gasteiger partial charge in [-0.2, -0.15) is 0 Å². The average molecular weight is 400 g/mol. The maximum absolute atomic E-state index is 12.8. The zero-order valence-electron chi connectivity index (χ0n) is 16.3. The summed E-state index contributed by atoms with van der Waals surface area (Å²) < 4.78 is 3.00. The smallest absolute Gasteiger partial charge is 0.329 e. The van der Waals surface area contributed by atoms with Gasteiger partial charge in [-0.3, -0.25) is 28.8 Å². The molecule has 2 N–H and O–H groups in total. The van der Waals surface area contributed by atoms with E-state index in [2.05, 4.69) is 10.2 Å². The number of imide groups is 1. The first-order chi connectivity index (χ1) is 13.8. The summed E-state index contributed by atoms with van der Waals surface area (Å²) in [6, 6.07) is 5.03. The van der Waals surface area contributed by atoms with Crippen molar-refractivity contribution in [1.29, 1.82) is 0 Å². The predicted octanol–water partition coefficient (Wildman–Crippen LogP) is 1.01. The molecule has 0 aliphatic carbocycles. The Morgan fingerprint density at radius 2 is 1.86 bits per heavy atom. The lowest BCUT2D eigenvalue weighted by Crippen LogP contribution is -2.44. The van der Waals surface area contributed by atoms with Gasteiger partial charge in [-0.15, -0.1) is 0 Å². The van der Waals surface area contributed by atoms with Gasteiger partial charge < -0.3 is 10.0 Å². The summed E-state index contributed by atoms with van der Waals surface area (Å²) >= 11 is 0. The fourth-order valence-electron chi connectivity index (χ4n) is 4.42. The topological polar surface area (TPSA) is 114 Å². The number of aromatic nitrogens is 2. The zero-order chi connectivity index (χ0) is 20.7. The highest BCUT2D eigenvalue weighted by Gasteiger charge is 2.31. The Balaban J connectivity index is 1.62. The van der Waals surface area contributed by atoms with Crippen LogP contribution in [0.1, 0.15) is 38.1 Å². The number of nitrogens with zero attached hydrogens (tertiary/aromatic N) is 3. The zero-order valence-corrected chi connectivity index (χ0v) is 16.3. The number of hydrogen-bond acceptors (Lipinski definition) is 5. The number of rotatable bonds is 4.